The maximum atomic E-state index is 13.4. The van der Waals surface area contributed by atoms with Crippen LogP contribution in [0.2, 0.25) is 0 Å². The fraction of sp³-hybridized carbons (Fsp3) is 0.567. The van der Waals surface area contributed by atoms with Crippen LogP contribution in [0.4, 0.5) is 4.39 Å². The molecule has 1 amide bonds. The first-order chi connectivity index (χ1) is 18.6. The molecule has 0 aliphatic carbocycles. The number of amides is 1. The minimum absolute atomic E-state index is 0.0938. The quantitative estimate of drug-likeness (QED) is 0.573. The van der Waals surface area contributed by atoms with Crippen LogP contribution in [0, 0.1) is 0 Å². The standard InChI is InChI=1S/C30H38FN3O4/c31-10-12-34-23-5-6-24(34)16-27(15-23)38-26-7-8-28-29(17-26)37-14-13-33(30(28)36)20-25(35)19-32-11-9-21-3-1-2-4-22(21)18-32/h1-4,7-8,17,23-25,27,35H,5-6,9-16,18-20H2/t23?,24?,25-,27?/m1/s1. The predicted molar refractivity (Wildman–Crippen MR) is 142 cm³/mol. The van der Waals surface area contributed by atoms with Gasteiger partial charge in [0.2, 0.25) is 0 Å². The molecule has 0 spiro atoms. The lowest BCUT2D eigenvalue weighted by atomic mass is 9.99. The van der Waals surface area contributed by atoms with Gasteiger partial charge in [-0.05, 0) is 55.4 Å². The van der Waals surface area contributed by atoms with Crippen molar-refractivity contribution >= 4 is 5.91 Å². The van der Waals surface area contributed by atoms with Gasteiger partial charge in [0.1, 0.15) is 30.9 Å². The molecular formula is C30H38FN3O4. The van der Waals surface area contributed by atoms with E-state index in [-0.39, 0.29) is 25.2 Å². The predicted octanol–water partition coefficient (Wildman–Crippen LogP) is 3.28. The second-order valence-corrected chi connectivity index (χ2v) is 11.2. The fourth-order valence-corrected chi connectivity index (χ4v) is 6.88. The Hall–Kier alpha value is -2.68. The summed E-state index contributed by atoms with van der Waals surface area (Å²) in [6, 6.07) is 14.7. The van der Waals surface area contributed by atoms with Crippen molar-refractivity contribution in [2.75, 3.05) is 46.0 Å². The lowest BCUT2D eigenvalue weighted by Crippen LogP contribution is -2.47. The molecule has 38 heavy (non-hydrogen) atoms. The van der Waals surface area contributed by atoms with Crippen LogP contribution in [0.25, 0.3) is 0 Å². The number of hydrogen-bond donors (Lipinski definition) is 1. The van der Waals surface area contributed by atoms with Gasteiger partial charge >= 0.3 is 0 Å². The number of β-amino-alcohol motifs (C(OH)–C–C–N with tert-alkyl or cyclic N) is 1. The normalized spacial score (nSPS) is 26.3. The van der Waals surface area contributed by atoms with E-state index in [4.69, 9.17) is 9.47 Å². The molecule has 8 heteroatoms. The minimum atomic E-state index is -0.632. The van der Waals surface area contributed by atoms with E-state index in [1.54, 1.807) is 11.0 Å². The van der Waals surface area contributed by atoms with E-state index in [1.165, 1.54) is 11.1 Å². The molecule has 0 saturated carbocycles. The molecule has 2 aromatic rings. The molecule has 1 N–H and O–H groups in total. The first-order valence-electron chi connectivity index (χ1n) is 14.1. The van der Waals surface area contributed by atoms with Crippen LogP contribution in [-0.4, -0.2) is 96.0 Å². The molecule has 2 bridgehead atoms. The van der Waals surface area contributed by atoms with Crippen LogP contribution in [0.3, 0.4) is 0 Å². The third-order valence-electron chi connectivity index (χ3n) is 8.69. The lowest BCUT2D eigenvalue weighted by molar-refractivity contribution is 0.0458. The zero-order valence-electron chi connectivity index (χ0n) is 21.9. The second kappa shape index (κ2) is 11.2. The van der Waals surface area contributed by atoms with Crippen LogP contribution < -0.4 is 9.47 Å². The van der Waals surface area contributed by atoms with Gasteiger partial charge in [0.25, 0.3) is 5.91 Å². The van der Waals surface area contributed by atoms with Gasteiger partial charge in [-0.1, -0.05) is 24.3 Å². The maximum absolute atomic E-state index is 13.4. The number of carbonyl (C=O) groups is 1. The molecular weight excluding hydrogens is 485 g/mol. The van der Waals surface area contributed by atoms with E-state index in [1.807, 2.05) is 12.1 Å². The Morgan fingerprint density at radius 3 is 2.63 bits per heavy atom. The number of piperidine rings is 1. The number of aliphatic hydroxyl groups excluding tert-OH is 1. The zero-order chi connectivity index (χ0) is 26.1. The zero-order valence-corrected chi connectivity index (χ0v) is 21.9. The third kappa shape index (κ3) is 5.40. The number of halogens is 1. The molecule has 7 nitrogen and oxygen atoms in total. The average Bonchev–Trinajstić information content (AvgIpc) is 3.06. The highest BCUT2D eigenvalue weighted by Gasteiger charge is 2.41. The van der Waals surface area contributed by atoms with E-state index >= 15 is 0 Å². The van der Waals surface area contributed by atoms with E-state index in [0.29, 0.717) is 55.4 Å². The summed E-state index contributed by atoms with van der Waals surface area (Å²) in [4.78, 5) is 19.6. The molecule has 6 rings (SSSR count). The van der Waals surface area contributed by atoms with Crippen LogP contribution in [0.5, 0.6) is 11.5 Å². The van der Waals surface area contributed by atoms with Gasteiger partial charge in [0.15, 0.2) is 0 Å². The van der Waals surface area contributed by atoms with Gasteiger partial charge in [-0.3, -0.25) is 14.6 Å². The van der Waals surface area contributed by atoms with E-state index in [0.717, 1.165) is 45.2 Å². The van der Waals surface area contributed by atoms with Crippen molar-refractivity contribution in [3.8, 4) is 11.5 Å². The van der Waals surface area contributed by atoms with Crippen molar-refractivity contribution in [2.45, 2.75) is 62.9 Å². The summed E-state index contributed by atoms with van der Waals surface area (Å²) in [6.45, 7) is 3.57. The summed E-state index contributed by atoms with van der Waals surface area (Å²) < 4.78 is 25.2. The number of alkyl halides is 1. The lowest BCUT2D eigenvalue weighted by Gasteiger charge is -2.38. The van der Waals surface area contributed by atoms with E-state index < -0.39 is 6.10 Å². The summed E-state index contributed by atoms with van der Waals surface area (Å²) in [5, 5.41) is 10.9. The molecule has 2 unspecified atom stereocenters. The van der Waals surface area contributed by atoms with Crippen molar-refractivity contribution in [3.05, 3.63) is 59.2 Å². The largest absolute Gasteiger partial charge is 0.491 e. The van der Waals surface area contributed by atoms with E-state index in [9.17, 15) is 14.3 Å². The first-order valence-corrected chi connectivity index (χ1v) is 14.1. The van der Waals surface area contributed by atoms with Gasteiger partial charge in [0, 0.05) is 50.9 Å². The van der Waals surface area contributed by atoms with Gasteiger partial charge in [0.05, 0.1) is 18.2 Å². The number of benzene rings is 2. The van der Waals surface area contributed by atoms with Crippen molar-refractivity contribution < 1.29 is 23.8 Å². The number of nitrogens with zero attached hydrogens (tertiary/aromatic N) is 3. The maximum Gasteiger partial charge on any atom is 0.257 e. The average molecular weight is 524 g/mol. The number of hydrogen-bond acceptors (Lipinski definition) is 6. The molecule has 204 valence electrons. The topological polar surface area (TPSA) is 65.5 Å². The Kier molecular flexibility index (Phi) is 7.54. The minimum Gasteiger partial charge on any atom is -0.491 e. The number of carbonyl (C=O) groups excluding carboxylic acids is 1. The van der Waals surface area contributed by atoms with Crippen LogP contribution in [-0.2, 0) is 13.0 Å². The summed E-state index contributed by atoms with van der Waals surface area (Å²) >= 11 is 0. The number of ether oxygens (including phenoxy) is 2. The summed E-state index contributed by atoms with van der Waals surface area (Å²) in [5.41, 5.74) is 3.20. The van der Waals surface area contributed by atoms with Gasteiger partial charge < -0.3 is 19.5 Å². The van der Waals surface area contributed by atoms with Crippen molar-refractivity contribution in [1.29, 1.82) is 0 Å². The van der Waals surface area contributed by atoms with Crippen LogP contribution in [0.15, 0.2) is 42.5 Å². The Morgan fingerprint density at radius 2 is 1.84 bits per heavy atom. The molecule has 0 aromatic heterocycles. The molecule has 2 aromatic carbocycles. The SMILES string of the molecule is O=C1c2ccc(OC3CC4CCC(C3)N4CCF)cc2OCCN1C[C@H](O)CN1CCc2ccccc2C1. The van der Waals surface area contributed by atoms with Gasteiger partial charge in [-0.15, -0.1) is 0 Å². The highest BCUT2D eigenvalue weighted by molar-refractivity contribution is 5.97. The second-order valence-electron chi connectivity index (χ2n) is 11.2. The number of rotatable bonds is 8. The Bertz CT molecular complexity index is 1130. The highest BCUT2D eigenvalue weighted by Crippen LogP contribution is 2.38. The fourth-order valence-electron chi connectivity index (χ4n) is 6.88. The Labute approximate surface area is 224 Å². The molecule has 4 aliphatic rings. The molecule has 4 aliphatic heterocycles. The highest BCUT2D eigenvalue weighted by atomic mass is 19.1. The Balaban J connectivity index is 1.05. The summed E-state index contributed by atoms with van der Waals surface area (Å²) in [5.74, 6) is 1.12. The monoisotopic (exact) mass is 523 g/mol. The molecule has 3 atom stereocenters. The van der Waals surface area contributed by atoms with Gasteiger partial charge in [-0.2, -0.15) is 0 Å². The van der Waals surface area contributed by atoms with E-state index in [2.05, 4.69) is 34.1 Å². The summed E-state index contributed by atoms with van der Waals surface area (Å²) in [6.07, 6.45) is 4.47. The van der Waals surface area contributed by atoms with Crippen molar-refractivity contribution in [2.24, 2.45) is 0 Å². The molecule has 4 heterocycles. The van der Waals surface area contributed by atoms with Crippen molar-refractivity contribution in [1.82, 2.24) is 14.7 Å². The number of aliphatic hydroxyl groups is 1. The molecule has 0 radical (unpaired) electrons. The molecule has 2 fully saturated rings. The van der Waals surface area contributed by atoms with Gasteiger partial charge in [-0.25, -0.2) is 4.39 Å². The van der Waals surface area contributed by atoms with Crippen LogP contribution in [0.1, 0.15) is 47.2 Å². The summed E-state index contributed by atoms with van der Waals surface area (Å²) in [7, 11) is 0. The van der Waals surface area contributed by atoms with Crippen LogP contribution >= 0.6 is 0 Å². The Morgan fingerprint density at radius 1 is 1.05 bits per heavy atom. The first kappa shape index (κ1) is 25.6. The smallest absolute Gasteiger partial charge is 0.257 e. The van der Waals surface area contributed by atoms with Crippen molar-refractivity contribution in [3.63, 3.8) is 0 Å². The molecule has 2 saturated heterocycles. The number of fused-ring (bicyclic) bond motifs is 4. The third-order valence-corrected chi connectivity index (χ3v) is 8.69.